The molecule has 0 N–H and O–H groups in total. The largest absolute Gasteiger partial charge is 0.465 e. The number of nitrogens with zero attached hydrogens (tertiary/aromatic N) is 1. The van der Waals surface area contributed by atoms with Gasteiger partial charge in [0.05, 0.1) is 12.7 Å². The van der Waals surface area contributed by atoms with Gasteiger partial charge in [-0.15, -0.1) is 0 Å². The Kier molecular flexibility index (Phi) is 4.74. The van der Waals surface area contributed by atoms with Gasteiger partial charge in [0.2, 0.25) is 0 Å². The van der Waals surface area contributed by atoms with Crippen molar-refractivity contribution < 1.29 is 9.53 Å². The standard InChI is InChI=1S/C20H27NO2/c1-4-18(15-8-6-5-7-9-15)21-13-14(2)17-11-10-16(12-19(17)21)20(22)23-3/h10-13,15,18H,4-9H2,1-3H3. The van der Waals surface area contributed by atoms with E-state index < -0.39 is 0 Å². The van der Waals surface area contributed by atoms with Gasteiger partial charge in [0.15, 0.2) is 0 Å². The molecule has 3 nitrogen and oxygen atoms in total. The number of methoxy groups -OCH3 is 1. The minimum Gasteiger partial charge on any atom is -0.465 e. The van der Waals surface area contributed by atoms with Crippen molar-refractivity contribution in [2.75, 3.05) is 7.11 Å². The minimum absolute atomic E-state index is 0.261. The zero-order valence-electron chi connectivity index (χ0n) is 14.5. The first-order valence-corrected chi connectivity index (χ1v) is 8.85. The summed E-state index contributed by atoms with van der Waals surface area (Å²) in [6, 6.07) is 6.45. The summed E-state index contributed by atoms with van der Waals surface area (Å²) < 4.78 is 7.31. The van der Waals surface area contributed by atoms with E-state index in [2.05, 4.69) is 30.7 Å². The van der Waals surface area contributed by atoms with E-state index in [0.717, 1.165) is 12.3 Å². The van der Waals surface area contributed by atoms with Crippen LogP contribution in [0.3, 0.4) is 0 Å². The average molecular weight is 313 g/mol. The summed E-state index contributed by atoms with van der Waals surface area (Å²) >= 11 is 0. The van der Waals surface area contributed by atoms with Crippen LogP contribution in [0.4, 0.5) is 0 Å². The molecule has 1 fully saturated rings. The summed E-state index contributed by atoms with van der Waals surface area (Å²) in [6.45, 7) is 4.44. The SMILES string of the molecule is CCC(C1CCCCC1)n1cc(C)c2ccc(C(=O)OC)cc21. The Morgan fingerprint density at radius 2 is 2.04 bits per heavy atom. The van der Waals surface area contributed by atoms with Crippen LogP contribution in [0.25, 0.3) is 10.9 Å². The van der Waals surface area contributed by atoms with Gasteiger partial charge < -0.3 is 9.30 Å². The highest BCUT2D eigenvalue weighted by Gasteiger charge is 2.25. The fourth-order valence-corrected chi connectivity index (χ4v) is 4.22. The Hall–Kier alpha value is -1.77. The highest BCUT2D eigenvalue weighted by atomic mass is 16.5. The molecule has 0 spiro atoms. The van der Waals surface area contributed by atoms with Crippen LogP contribution in [0.15, 0.2) is 24.4 Å². The second kappa shape index (κ2) is 6.77. The molecule has 1 atom stereocenters. The minimum atomic E-state index is -0.261. The van der Waals surface area contributed by atoms with Gasteiger partial charge in [-0.1, -0.05) is 32.3 Å². The first kappa shape index (κ1) is 16.1. The highest BCUT2D eigenvalue weighted by Crippen LogP contribution is 2.37. The fourth-order valence-electron chi connectivity index (χ4n) is 4.22. The second-order valence-electron chi connectivity index (χ2n) is 6.82. The Labute approximate surface area is 138 Å². The van der Waals surface area contributed by atoms with Gasteiger partial charge in [-0.3, -0.25) is 0 Å². The highest BCUT2D eigenvalue weighted by molar-refractivity contribution is 5.95. The van der Waals surface area contributed by atoms with Crippen molar-refractivity contribution in [2.45, 2.75) is 58.4 Å². The third-order valence-electron chi connectivity index (χ3n) is 5.42. The molecule has 0 aliphatic heterocycles. The Balaban J connectivity index is 2.05. The van der Waals surface area contributed by atoms with E-state index in [4.69, 9.17) is 4.74 Å². The van der Waals surface area contributed by atoms with Crippen molar-refractivity contribution in [2.24, 2.45) is 5.92 Å². The Bertz CT molecular complexity index is 695. The van der Waals surface area contributed by atoms with Gasteiger partial charge in [-0.2, -0.15) is 0 Å². The lowest BCUT2D eigenvalue weighted by Gasteiger charge is -2.31. The van der Waals surface area contributed by atoms with Gasteiger partial charge in [-0.05, 0) is 49.8 Å². The molecule has 3 heteroatoms. The van der Waals surface area contributed by atoms with Crippen LogP contribution in [-0.2, 0) is 4.74 Å². The molecule has 0 amide bonds. The molecule has 0 radical (unpaired) electrons. The van der Waals surface area contributed by atoms with Gasteiger partial charge in [-0.25, -0.2) is 4.79 Å². The summed E-state index contributed by atoms with van der Waals surface area (Å²) in [5.74, 6) is 0.494. The van der Waals surface area contributed by atoms with Crippen LogP contribution in [0.2, 0.25) is 0 Å². The maximum atomic E-state index is 11.9. The number of benzene rings is 1. The summed E-state index contributed by atoms with van der Waals surface area (Å²) in [4.78, 5) is 11.9. The lowest BCUT2D eigenvalue weighted by atomic mass is 9.82. The number of ether oxygens (including phenoxy) is 1. The van der Waals surface area contributed by atoms with Crippen molar-refractivity contribution in [3.8, 4) is 0 Å². The molecule has 124 valence electrons. The summed E-state index contributed by atoms with van der Waals surface area (Å²) in [7, 11) is 1.44. The first-order valence-electron chi connectivity index (χ1n) is 8.85. The molecular weight excluding hydrogens is 286 g/mol. The van der Waals surface area contributed by atoms with E-state index in [-0.39, 0.29) is 5.97 Å². The number of carbonyl (C=O) groups is 1. The van der Waals surface area contributed by atoms with Crippen LogP contribution >= 0.6 is 0 Å². The molecule has 1 aliphatic carbocycles. The van der Waals surface area contributed by atoms with Crippen LogP contribution < -0.4 is 0 Å². The van der Waals surface area contributed by atoms with Crippen LogP contribution in [-0.4, -0.2) is 17.6 Å². The predicted octanol–water partition coefficient (Wildman–Crippen LogP) is 5.27. The number of esters is 1. The van der Waals surface area contributed by atoms with E-state index in [1.165, 1.54) is 55.7 Å². The van der Waals surface area contributed by atoms with E-state index >= 15 is 0 Å². The van der Waals surface area contributed by atoms with Gasteiger partial charge in [0, 0.05) is 23.1 Å². The lowest BCUT2D eigenvalue weighted by Crippen LogP contribution is -2.21. The Morgan fingerprint density at radius 1 is 1.30 bits per heavy atom. The van der Waals surface area contributed by atoms with E-state index in [0.29, 0.717) is 11.6 Å². The van der Waals surface area contributed by atoms with Crippen molar-refractivity contribution in [1.29, 1.82) is 0 Å². The van der Waals surface area contributed by atoms with Gasteiger partial charge in [0.1, 0.15) is 0 Å². The number of hydrogen-bond donors (Lipinski definition) is 0. The molecule has 23 heavy (non-hydrogen) atoms. The zero-order valence-corrected chi connectivity index (χ0v) is 14.5. The average Bonchev–Trinajstić information content (AvgIpc) is 2.92. The third-order valence-corrected chi connectivity index (χ3v) is 5.42. The van der Waals surface area contributed by atoms with Crippen molar-refractivity contribution in [3.63, 3.8) is 0 Å². The first-order chi connectivity index (χ1) is 11.2. The van der Waals surface area contributed by atoms with Crippen LogP contribution in [0.1, 0.15) is 67.4 Å². The molecule has 0 bridgehead atoms. The normalized spacial score (nSPS) is 17.3. The molecule has 1 aromatic heterocycles. The van der Waals surface area contributed by atoms with E-state index in [9.17, 15) is 4.79 Å². The maximum absolute atomic E-state index is 11.9. The van der Waals surface area contributed by atoms with Crippen molar-refractivity contribution >= 4 is 16.9 Å². The number of aromatic nitrogens is 1. The topological polar surface area (TPSA) is 31.2 Å². The molecule has 1 unspecified atom stereocenters. The molecule has 1 aromatic carbocycles. The van der Waals surface area contributed by atoms with Gasteiger partial charge in [0.25, 0.3) is 0 Å². The van der Waals surface area contributed by atoms with Crippen LogP contribution in [0, 0.1) is 12.8 Å². The van der Waals surface area contributed by atoms with E-state index in [1.54, 1.807) is 0 Å². The molecular formula is C20H27NO2. The third kappa shape index (κ3) is 3.01. The quantitative estimate of drug-likeness (QED) is 0.720. The number of carbonyl (C=O) groups excluding carboxylic acids is 1. The lowest BCUT2D eigenvalue weighted by molar-refractivity contribution is 0.0601. The fraction of sp³-hybridized carbons (Fsp3) is 0.550. The summed E-state index contributed by atoms with van der Waals surface area (Å²) in [5.41, 5.74) is 3.09. The second-order valence-corrected chi connectivity index (χ2v) is 6.82. The molecule has 1 aliphatic rings. The summed E-state index contributed by atoms with van der Waals surface area (Å²) in [6.07, 6.45) is 10.1. The van der Waals surface area contributed by atoms with E-state index in [1.807, 2.05) is 12.1 Å². The van der Waals surface area contributed by atoms with Crippen molar-refractivity contribution in [1.82, 2.24) is 4.57 Å². The zero-order chi connectivity index (χ0) is 16.4. The number of hydrogen-bond acceptors (Lipinski definition) is 2. The number of rotatable bonds is 4. The number of fused-ring (bicyclic) bond motifs is 1. The molecule has 3 rings (SSSR count). The van der Waals surface area contributed by atoms with Crippen LogP contribution in [0.5, 0.6) is 0 Å². The molecule has 2 aromatic rings. The molecule has 0 saturated heterocycles. The molecule has 1 saturated carbocycles. The Morgan fingerprint density at radius 3 is 2.70 bits per heavy atom. The maximum Gasteiger partial charge on any atom is 0.337 e. The molecule has 1 heterocycles. The summed E-state index contributed by atoms with van der Waals surface area (Å²) in [5, 5.41) is 1.24. The smallest absolute Gasteiger partial charge is 0.337 e. The predicted molar refractivity (Wildman–Crippen MR) is 93.9 cm³/mol. The number of aryl methyl sites for hydroxylation is 1. The van der Waals surface area contributed by atoms with Gasteiger partial charge >= 0.3 is 5.97 Å². The monoisotopic (exact) mass is 313 g/mol. The van der Waals surface area contributed by atoms with Crippen molar-refractivity contribution in [3.05, 3.63) is 35.5 Å².